The zero-order valence-corrected chi connectivity index (χ0v) is 18.3. The molecule has 0 saturated carbocycles. The number of nitrogens with zero attached hydrogens (tertiary/aromatic N) is 2. The van der Waals surface area contributed by atoms with Crippen molar-refractivity contribution >= 4 is 27.4 Å². The van der Waals surface area contributed by atoms with Gasteiger partial charge in [0.25, 0.3) is 0 Å². The van der Waals surface area contributed by atoms with Gasteiger partial charge in [-0.15, -0.1) is 0 Å². The molecule has 0 unspecified atom stereocenters. The minimum absolute atomic E-state index is 1.21. The fourth-order valence-electron chi connectivity index (χ4n) is 2.96. The molecular weight excluding hydrogens is 400 g/mol. The Morgan fingerprint density at radius 3 is 1.70 bits per heavy atom. The Hall–Kier alpha value is -3.00. The molecule has 30 heavy (non-hydrogen) atoms. The number of hydrogen-bond acceptors (Lipinski definition) is 5. The van der Waals surface area contributed by atoms with Crippen molar-refractivity contribution in [3.8, 4) is 0 Å². The molecule has 0 saturated heterocycles. The average molecular weight is 426 g/mol. The summed E-state index contributed by atoms with van der Waals surface area (Å²) in [7, 11) is 3.10. The molecule has 1 aliphatic rings. The van der Waals surface area contributed by atoms with Crippen molar-refractivity contribution in [1.82, 2.24) is 0 Å². The van der Waals surface area contributed by atoms with Crippen molar-refractivity contribution in [3.05, 3.63) is 95.6 Å². The Labute approximate surface area is 178 Å². The van der Waals surface area contributed by atoms with Crippen LogP contribution in [-0.4, -0.2) is 56.0 Å². The second-order valence-electron chi connectivity index (χ2n) is 7.03. The number of rotatable bonds is 3. The normalized spacial score (nSPS) is 12.9. The molecule has 0 fully saturated rings. The van der Waals surface area contributed by atoms with Gasteiger partial charge in [-0.25, -0.2) is 4.58 Å². The maximum Gasteiger partial charge on any atom is 0.199 e. The van der Waals surface area contributed by atoms with Crippen molar-refractivity contribution in [3.63, 3.8) is 0 Å². The van der Waals surface area contributed by atoms with E-state index in [0.717, 1.165) is 0 Å². The lowest BCUT2D eigenvalue weighted by Crippen LogP contribution is -2.10. The highest BCUT2D eigenvalue weighted by Gasteiger charge is 2.13. The van der Waals surface area contributed by atoms with E-state index in [4.69, 9.17) is 17.5 Å². The minimum atomic E-state index is -5.17. The Bertz CT molecular complexity index is 1070. The van der Waals surface area contributed by atoms with Gasteiger partial charge >= 0.3 is 0 Å². The Balaban J connectivity index is 0.000000575. The monoisotopic (exact) mass is 425 g/mol. The van der Waals surface area contributed by atoms with Crippen LogP contribution in [0.25, 0.3) is 5.57 Å². The van der Waals surface area contributed by atoms with E-state index in [1.165, 1.54) is 33.7 Å². The molecule has 2 aromatic carbocycles. The van der Waals surface area contributed by atoms with E-state index in [0.29, 0.717) is 0 Å². The molecule has 0 amide bonds. The Morgan fingerprint density at radius 1 is 0.800 bits per heavy atom. The lowest BCUT2D eigenvalue weighted by molar-refractivity contribution is -0.462. The van der Waals surface area contributed by atoms with Crippen molar-refractivity contribution in [2.45, 2.75) is 0 Å². The Kier molecular flexibility index (Phi) is 7.88. The molecule has 2 aromatic rings. The topological polar surface area (TPSA) is 86.5 Å². The molecule has 0 spiro atoms. The van der Waals surface area contributed by atoms with Crippen LogP contribution in [0.5, 0.6) is 0 Å². The van der Waals surface area contributed by atoms with Crippen LogP contribution in [0.1, 0.15) is 11.1 Å². The van der Waals surface area contributed by atoms with E-state index in [-0.39, 0.29) is 0 Å². The molecule has 1 aliphatic carbocycles. The van der Waals surface area contributed by atoms with E-state index in [1.807, 2.05) is 0 Å². The third-order valence-electron chi connectivity index (χ3n) is 4.41. The van der Waals surface area contributed by atoms with E-state index < -0.39 is 10.4 Å². The maximum atomic E-state index is 8.52. The number of benzene rings is 2. The fraction of sp³-hybridized carbons (Fsp3) is 0.174. The van der Waals surface area contributed by atoms with E-state index in [1.54, 1.807) is 0 Å². The molecule has 0 N–H and O–H groups in total. The Morgan fingerprint density at radius 2 is 1.27 bits per heavy atom. The van der Waals surface area contributed by atoms with E-state index in [2.05, 4.69) is 117 Å². The number of allylic oxidation sites excluding steroid dienone is 5. The zero-order valence-electron chi connectivity index (χ0n) is 17.4. The van der Waals surface area contributed by atoms with Crippen LogP contribution in [0.4, 0.5) is 5.69 Å². The van der Waals surface area contributed by atoms with Gasteiger partial charge in [0.15, 0.2) is 5.71 Å². The van der Waals surface area contributed by atoms with Gasteiger partial charge in [-0.1, -0.05) is 42.5 Å². The number of hydrogen-bond donors (Lipinski definition) is 0. The second-order valence-corrected chi connectivity index (χ2v) is 7.85. The molecule has 0 radical (unpaired) electrons. The summed E-state index contributed by atoms with van der Waals surface area (Å²) in [6.07, 6.45) is 8.76. The molecular formula is C23H25N2O4S-. The second kappa shape index (κ2) is 10.2. The number of anilines is 1. The van der Waals surface area contributed by atoms with Crippen LogP contribution >= 0.6 is 0 Å². The first-order valence-corrected chi connectivity index (χ1v) is 10.5. The quantitative estimate of drug-likeness (QED) is 0.429. The van der Waals surface area contributed by atoms with Crippen LogP contribution in [-0.2, 0) is 10.4 Å². The van der Waals surface area contributed by atoms with E-state index >= 15 is 0 Å². The molecule has 7 heteroatoms. The predicted molar refractivity (Wildman–Crippen MR) is 119 cm³/mol. The summed E-state index contributed by atoms with van der Waals surface area (Å²) in [6.45, 7) is 0. The van der Waals surface area contributed by atoms with Gasteiger partial charge in [0, 0.05) is 42.3 Å². The largest absolute Gasteiger partial charge is 0.759 e. The molecule has 0 aliphatic heterocycles. The summed E-state index contributed by atoms with van der Waals surface area (Å²) in [5.41, 5.74) is 7.37. The van der Waals surface area contributed by atoms with Crippen LogP contribution in [0.2, 0.25) is 0 Å². The van der Waals surface area contributed by atoms with Crippen molar-refractivity contribution in [2.75, 3.05) is 33.1 Å². The SMILES string of the molecule is CN(C)c1ccc(C(=C2C=CC(=[N+](C)C)C=C2)c2ccccc2)cc1.O=S(=O)([O-])[O-]. The lowest BCUT2D eigenvalue weighted by atomic mass is 9.90. The van der Waals surface area contributed by atoms with Gasteiger partial charge in [0.1, 0.15) is 14.1 Å². The molecule has 0 aromatic heterocycles. The fourth-order valence-corrected chi connectivity index (χ4v) is 2.96. The summed E-state index contributed by atoms with van der Waals surface area (Å²) < 4.78 is 36.2. The first-order valence-electron chi connectivity index (χ1n) is 9.21. The highest BCUT2D eigenvalue weighted by atomic mass is 32.3. The van der Waals surface area contributed by atoms with Crippen molar-refractivity contribution < 1.29 is 22.1 Å². The van der Waals surface area contributed by atoms with Gasteiger partial charge < -0.3 is 14.0 Å². The summed E-state index contributed by atoms with van der Waals surface area (Å²) in [4.78, 5) is 2.12. The summed E-state index contributed by atoms with van der Waals surface area (Å²) in [6, 6.07) is 19.4. The molecule has 6 nitrogen and oxygen atoms in total. The maximum absolute atomic E-state index is 8.52. The summed E-state index contributed by atoms with van der Waals surface area (Å²) in [5, 5.41) is 0. The smallest absolute Gasteiger partial charge is 0.199 e. The average Bonchev–Trinajstić information content (AvgIpc) is 2.68. The third kappa shape index (κ3) is 7.11. The van der Waals surface area contributed by atoms with Gasteiger partial charge in [-0.3, -0.25) is 8.42 Å². The van der Waals surface area contributed by atoms with Crippen molar-refractivity contribution in [1.29, 1.82) is 0 Å². The highest BCUT2D eigenvalue weighted by Crippen LogP contribution is 2.30. The summed E-state index contributed by atoms with van der Waals surface area (Å²) in [5.74, 6) is 0. The molecule has 0 bridgehead atoms. The van der Waals surface area contributed by atoms with Crippen LogP contribution in [0.15, 0.2) is 84.5 Å². The first-order chi connectivity index (χ1) is 14.1. The van der Waals surface area contributed by atoms with Gasteiger partial charge in [0.05, 0.1) is 0 Å². The molecule has 158 valence electrons. The van der Waals surface area contributed by atoms with Gasteiger partial charge in [0.2, 0.25) is 0 Å². The van der Waals surface area contributed by atoms with Crippen LogP contribution in [0.3, 0.4) is 0 Å². The van der Waals surface area contributed by atoms with Gasteiger partial charge in [-0.2, -0.15) is 0 Å². The first kappa shape index (κ1) is 23.3. The van der Waals surface area contributed by atoms with Crippen molar-refractivity contribution in [2.24, 2.45) is 0 Å². The molecule has 0 heterocycles. The van der Waals surface area contributed by atoms with Crippen LogP contribution in [0, 0.1) is 0 Å². The zero-order chi connectivity index (χ0) is 22.3. The predicted octanol–water partition coefficient (Wildman–Crippen LogP) is 3.06. The lowest BCUT2D eigenvalue weighted by Gasteiger charge is -2.16. The van der Waals surface area contributed by atoms with E-state index in [9.17, 15) is 0 Å². The molecule has 0 atom stereocenters. The minimum Gasteiger partial charge on any atom is -0.759 e. The molecule has 3 rings (SSSR count). The third-order valence-corrected chi connectivity index (χ3v) is 4.41. The highest BCUT2D eigenvalue weighted by molar-refractivity contribution is 7.79. The van der Waals surface area contributed by atoms with Gasteiger partial charge in [-0.05, 0) is 46.6 Å². The standard InChI is InChI=1S/C23H25N2.H2O4S/c1-24(2)21-14-10-19(11-15-21)23(18-8-6-5-7-9-18)20-12-16-22(17-13-20)25(3)4;1-5(2,3)4/h5-17H,1-4H3;(H2,1,2,3,4)/q+1;/p-2. The van der Waals surface area contributed by atoms with Crippen LogP contribution < -0.4 is 4.90 Å². The summed E-state index contributed by atoms with van der Waals surface area (Å²) >= 11 is 0.